The lowest BCUT2D eigenvalue weighted by molar-refractivity contribution is 0.208. The number of pyridine rings is 2. The van der Waals surface area contributed by atoms with Crippen LogP contribution in [0.1, 0.15) is 11.8 Å². The summed E-state index contributed by atoms with van der Waals surface area (Å²) in [6, 6.07) is 21.6. The molecule has 0 fully saturated rings. The number of thiophene rings is 1. The quantitative estimate of drug-likeness (QED) is 0.191. The first kappa shape index (κ1) is 22.3. The molecule has 0 aliphatic heterocycles. The van der Waals surface area contributed by atoms with E-state index in [0.717, 1.165) is 55.6 Å². The summed E-state index contributed by atoms with van der Waals surface area (Å²) in [5, 5.41) is 26.4. The number of aliphatic hydroxyl groups excluding tert-OH is 1. The lowest BCUT2D eigenvalue weighted by Crippen LogP contribution is -2.09. The molecule has 0 bridgehead atoms. The van der Waals surface area contributed by atoms with Gasteiger partial charge in [-0.1, -0.05) is 42.5 Å². The number of nitrogens with zero attached hydrogens (tertiary/aromatic N) is 4. The van der Waals surface area contributed by atoms with Crippen LogP contribution in [-0.2, 0) is 0 Å². The van der Waals surface area contributed by atoms with Gasteiger partial charge in [0.1, 0.15) is 5.69 Å². The van der Waals surface area contributed by atoms with Crippen LogP contribution in [0.4, 0.5) is 5.69 Å². The molecule has 7 rings (SSSR count). The van der Waals surface area contributed by atoms with Crippen molar-refractivity contribution in [3.05, 3.63) is 102 Å². The van der Waals surface area contributed by atoms with E-state index in [1.165, 1.54) is 0 Å². The molecule has 8 nitrogen and oxygen atoms in total. The SMILES string of the molecule is OC(Nc1cncc(-c2cc3c(-c4nc5c(-c6ccsc6)cccc5[nH]4)n[nH]c3cn2)c1)c1ccccc1. The molecule has 5 aromatic heterocycles. The standard InChI is InChI=1S/C29H21N7OS/c37-29(17-5-2-1-3-6-17)32-20-11-19(13-30-14-20)24-12-22-25(15-31-24)35-36-27(22)28-33-23-8-4-7-21(26(23)34-28)18-9-10-38-16-18/h1-16,29,32,37H,(H,33,34)(H,35,36). The predicted molar refractivity (Wildman–Crippen MR) is 151 cm³/mol. The predicted octanol–water partition coefficient (Wildman–Crippen LogP) is 6.39. The summed E-state index contributed by atoms with van der Waals surface area (Å²) in [5.74, 6) is 0.686. The number of benzene rings is 2. The number of imidazole rings is 1. The third-order valence-corrected chi connectivity index (χ3v) is 7.15. The molecule has 0 saturated heterocycles. The molecule has 0 aliphatic rings. The molecule has 38 heavy (non-hydrogen) atoms. The van der Waals surface area contributed by atoms with Crippen LogP contribution in [0.3, 0.4) is 0 Å². The van der Waals surface area contributed by atoms with Crippen molar-refractivity contribution in [2.45, 2.75) is 6.23 Å². The summed E-state index contributed by atoms with van der Waals surface area (Å²) in [6.45, 7) is 0. The molecule has 1 atom stereocenters. The van der Waals surface area contributed by atoms with E-state index in [0.29, 0.717) is 11.5 Å². The number of hydrogen-bond acceptors (Lipinski definition) is 7. The van der Waals surface area contributed by atoms with Crippen molar-refractivity contribution in [3.8, 4) is 33.9 Å². The smallest absolute Gasteiger partial charge is 0.159 e. The second-order valence-corrected chi connectivity index (χ2v) is 9.69. The van der Waals surface area contributed by atoms with Crippen LogP contribution in [0.2, 0.25) is 0 Å². The fourth-order valence-electron chi connectivity index (χ4n) is 4.59. The highest BCUT2D eigenvalue weighted by molar-refractivity contribution is 7.08. The fraction of sp³-hybridized carbons (Fsp3) is 0.0345. The number of rotatable bonds is 6. The minimum atomic E-state index is -0.851. The Morgan fingerprint density at radius 1 is 0.895 bits per heavy atom. The Morgan fingerprint density at radius 3 is 2.68 bits per heavy atom. The van der Waals surface area contributed by atoms with Crippen LogP contribution in [0, 0.1) is 0 Å². The number of H-pyrrole nitrogens is 2. The maximum absolute atomic E-state index is 10.6. The average Bonchev–Trinajstić information content (AvgIpc) is 3.73. The van der Waals surface area contributed by atoms with E-state index in [1.54, 1.807) is 29.9 Å². The van der Waals surface area contributed by atoms with Crippen molar-refractivity contribution >= 4 is 39.0 Å². The molecule has 0 radical (unpaired) electrons. The lowest BCUT2D eigenvalue weighted by Gasteiger charge is -2.14. The van der Waals surface area contributed by atoms with Gasteiger partial charge in [-0.15, -0.1) is 0 Å². The molecule has 9 heteroatoms. The van der Waals surface area contributed by atoms with E-state index in [1.807, 2.05) is 54.6 Å². The van der Waals surface area contributed by atoms with Gasteiger partial charge in [0.05, 0.1) is 40.3 Å². The third kappa shape index (κ3) is 4.00. The molecular weight excluding hydrogens is 494 g/mol. The van der Waals surface area contributed by atoms with Gasteiger partial charge in [0.25, 0.3) is 0 Å². The first-order valence-electron chi connectivity index (χ1n) is 12.0. The van der Waals surface area contributed by atoms with Crippen LogP contribution in [-0.4, -0.2) is 35.2 Å². The van der Waals surface area contributed by atoms with Crippen LogP contribution >= 0.6 is 11.3 Å². The van der Waals surface area contributed by atoms with Gasteiger partial charge < -0.3 is 15.4 Å². The number of aliphatic hydroxyl groups is 1. The van der Waals surface area contributed by atoms with Crippen molar-refractivity contribution in [3.63, 3.8) is 0 Å². The van der Waals surface area contributed by atoms with Crippen molar-refractivity contribution in [2.75, 3.05) is 5.32 Å². The largest absolute Gasteiger partial charge is 0.369 e. The molecule has 0 saturated carbocycles. The Kier molecular flexibility index (Phi) is 5.42. The summed E-state index contributed by atoms with van der Waals surface area (Å²) < 4.78 is 0. The molecule has 0 amide bonds. The normalized spacial score (nSPS) is 12.2. The van der Waals surface area contributed by atoms with Gasteiger partial charge in [-0.05, 0) is 40.6 Å². The zero-order valence-electron chi connectivity index (χ0n) is 20.0. The molecule has 0 aliphatic carbocycles. The lowest BCUT2D eigenvalue weighted by atomic mass is 10.1. The zero-order valence-corrected chi connectivity index (χ0v) is 20.8. The highest BCUT2D eigenvalue weighted by atomic mass is 32.1. The van der Waals surface area contributed by atoms with Gasteiger partial charge in [0, 0.05) is 28.3 Å². The zero-order chi connectivity index (χ0) is 25.5. The van der Waals surface area contributed by atoms with Crippen LogP contribution in [0.25, 0.3) is 55.8 Å². The highest BCUT2D eigenvalue weighted by Crippen LogP contribution is 2.33. The maximum Gasteiger partial charge on any atom is 0.159 e. The third-order valence-electron chi connectivity index (χ3n) is 6.47. The Balaban J connectivity index is 1.25. The van der Waals surface area contributed by atoms with Crippen LogP contribution in [0.5, 0.6) is 0 Å². The van der Waals surface area contributed by atoms with Crippen molar-refractivity contribution in [2.24, 2.45) is 0 Å². The first-order chi connectivity index (χ1) is 18.7. The number of hydrogen-bond donors (Lipinski definition) is 4. The van der Waals surface area contributed by atoms with Gasteiger partial charge in [0.15, 0.2) is 12.1 Å². The van der Waals surface area contributed by atoms with Gasteiger partial charge in [-0.25, -0.2) is 4.98 Å². The molecule has 0 spiro atoms. The summed E-state index contributed by atoms with van der Waals surface area (Å²) in [5.41, 5.74) is 8.63. The molecule has 184 valence electrons. The Morgan fingerprint density at radius 2 is 1.82 bits per heavy atom. The Labute approximate surface area is 221 Å². The summed E-state index contributed by atoms with van der Waals surface area (Å²) in [4.78, 5) is 17.4. The van der Waals surface area contributed by atoms with Crippen LogP contribution in [0.15, 0.2) is 96.1 Å². The van der Waals surface area contributed by atoms with E-state index >= 15 is 0 Å². The minimum absolute atomic E-state index is 0.686. The summed E-state index contributed by atoms with van der Waals surface area (Å²) >= 11 is 1.67. The number of anilines is 1. The number of aromatic nitrogens is 6. The monoisotopic (exact) mass is 515 g/mol. The van der Waals surface area contributed by atoms with E-state index in [4.69, 9.17) is 4.98 Å². The van der Waals surface area contributed by atoms with Gasteiger partial charge in [-0.3, -0.25) is 15.1 Å². The number of aromatic amines is 2. The van der Waals surface area contributed by atoms with E-state index in [9.17, 15) is 5.11 Å². The molecule has 1 unspecified atom stereocenters. The highest BCUT2D eigenvalue weighted by Gasteiger charge is 2.17. The van der Waals surface area contributed by atoms with Crippen molar-refractivity contribution in [1.82, 2.24) is 30.1 Å². The molecular formula is C29H21N7OS. The van der Waals surface area contributed by atoms with E-state index < -0.39 is 6.23 Å². The summed E-state index contributed by atoms with van der Waals surface area (Å²) in [6.07, 6.45) is 4.34. The van der Waals surface area contributed by atoms with E-state index in [2.05, 4.69) is 53.4 Å². The Hall–Kier alpha value is -4.86. The molecule has 4 N–H and O–H groups in total. The second-order valence-electron chi connectivity index (χ2n) is 8.91. The summed E-state index contributed by atoms with van der Waals surface area (Å²) in [7, 11) is 0. The molecule has 5 heterocycles. The van der Waals surface area contributed by atoms with E-state index in [-0.39, 0.29) is 0 Å². The van der Waals surface area contributed by atoms with Crippen LogP contribution < -0.4 is 5.32 Å². The number of nitrogens with one attached hydrogen (secondary N) is 3. The minimum Gasteiger partial charge on any atom is -0.369 e. The Bertz CT molecular complexity index is 1880. The van der Waals surface area contributed by atoms with Crippen molar-refractivity contribution < 1.29 is 5.11 Å². The number of para-hydroxylation sites is 1. The molecule has 2 aromatic carbocycles. The second kappa shape index (κ2) is 9.22. The van der Waals surface area contributed by atoms with Gasteiger partial charge >= 0.3 is 0 Å². The first-order valence-corrected chi connectivity index (χ1v) is 13.0. The average molecular weight is 516 g/mol. The van der Waals surface area contributed by atoms with Crippen molar-refractivity contribution in [1.29, 1.82) is 0 Å². The van der Waals surface area contributed by atoms with Gasteiger partial charge in [0.2, 0.25) is 0 Å². The van der Waals surface area contributed by atoms with Gasteiger partial charge in [-0.2, -0.15) is 16.4 Å². The maximum atomic E-state index is 10.6. The fourth-order valence-corrected chi connectivity index (χ4v) is 5.24. The molecule has 7 aromatic rings. The number of fused-ring (bicyclic) bond motifs is 2. The topological polar surface area (TPSA) is 115 Å².